The molecule has 1 fully saturated rings. The fourth-order valence-electron chi connectivity index (χ4n) is 2.85. The van der Waals surface area contributed by atoms with Gasteiger partial charge in [-0.25, -0.2) is 4.98 Å². The third kappa shape index (κ3) is 4.39. The van der Waals surface area contributed by atoms with E-state index in [4.69, 9.17) is 9.47 Å². The van der Waals surface area contributed by atoms with Crippen molar-refractivity contribution < 1.29 is 14.3 Å². The number of hydrogen-bond acceptors (Lipinski definition) is 7. The van der Waals surface area contributed by atoms with Gasteiger partial charge in [-0.1, -0.05) is 18.7 Å². The van der Waals surface area contributed by atoms with Crippen molar-refractivity contribution in [1.82, 2.24) is 14.5 Å². The molecule has 25 heavy (non-hydrogen) atoms. The molecule has 2 aliphatic heterocycles. The highest BCUT2D eigenvalue weighted by Gasteiger charge is 2.27. The lowest BCUT2D eigenvalue weighted by molar-refractivity contribution is -0.132. The number of morpholine rings is 1. The Morgan fingerprint density at radius 1 is 1.44 bits per heavy atom. The highest BCUT2D eigenvalue weighted by atomic mass is 32.2. The van der Waals surface area contributed by atoms with Gasteiger partial charge < -0.3 is 14.4 Å². The molecule has 7 nitrogen and oxygen atoms in total. The number of carbonyl (C=O) groups excluding carboxylic acids is 1. The average molecular weight is 386 g/mol. The Morgan fingerprint density at radius 2 is 2.20 bits per heavy atom. The van der Waals surface area contributed by atoms with Gasteiger partial charge in [0.15, 0.2) is 5.16 Å². The highest BCUT2D eigenvalue weighted by Crippen LogP contribution is 2.34. The number of fused-ring (bicyclic) bond motifs is 1. The third-order valence-electron chi connectivity index (χ3n) is 4.17. The minimum absolute atomic E-state index is 0.0160. The minimum Gasteiger partial charge on any atom is -0.383 e. The number of methoxy groups -OCH3 is 1. The quantitative estimate of drug-likeness (QED) is 0.531. The van der Waals surface area contributed by atoms with Crippen molar-refractivity contribution in [3.63, 3.8) is 0 Å². The zero-order valence-electron chi connectivity index (χ0n) is 14.5. The molecule has 0 spiro atoms. The summed E-state index contributed by atoms with van der Waals surface area (Å²) in [7, 11) is 1.61. The Kier molecular flexibility index (Phi) is 6.43. The molecule has 1 saturated heterocycles. The van der Waals surface area contributed by atoms with E-state index in [-0.39, 0.29) is 17.2 Å². The second-order valence-corrected chi connectivity index (χ2v) is 8.43. The molecule has 0 bridgehead atoms. The minimum atomic E-state index is -0.0160. The molecule has 0 aromatic carbocycles. The summed E-state index contributed by atoms with van der Waals surface area (Å²) < 4.78 is 12.0. The molecule has 0 unspecified atom stereocenters. The van der Waals surface area contributed by atoms with Gasteiger partial charge >= 0.3 is 0 Å². The van der Waals surface area contributed by atoms with Crippen LogP contribution >= 0.6 is 23.5 Å². The lowest BCUT2D eigenvalue weighted by atomic mass is 10.2. The third-order valence-corrected chi connectivity index (χ3v) is 6.35. The number of amides is 1. The number of aromatic nitrogens is 2. The normalized spacial score (nSPS) is 19.9. The summed E-state index contributed by atoms with van der Waals surface area (Å²) >= 11 is 2.92. The topological polar surface area (TPSA) is 73.7 Å². The molecule has 0 aliphatic carbocycles. The van der Waals surface area contributed by atoms with Gasteiger partial charge in [0.25, 0.3) is 5.56 Å². The fourth-order valence-corrected chi connectivity index (χ4v) is 4.91. The molecule has 1 amide bonds. The first-order valence-corrected chi connectivity index (χ1v) is 10.2. The maximum atomic E-state index is 12.8. The van der Waals surface area contributed by atoms with Crippen LogP contribution in [-0.2, 0) is 27.2 Å². The van der Waals surface area contributed by atoms with Crippen LogP contribution in [0.2, 0.25) is 0 Å². The van der Waals surface area contributed by atoms with E-state index in [2.05, 4.69) is 11.9 Å². The smallest absolute Gasteiger partial charge is 0.268 e. The first-order chi connectivity index (χ1) is 12.1. The van der Waals surface area contributed by atoms with Crippen LogP contribution in [0.3, 0.4) is 0 Å². The van der Waals surface area contributed by atoms with Crippen molar-refractivity contribution in [2.45, 2.75) is 35.2 Å². The number of ether oxygens (including phenoxy) is 2. The standard InChI is InChI=1S/C16H23N3O4S2/c1-11-9-12-14(25-11)15(21)19(5-6-22-2)16(17-12)24-10-13(20)18-3-7-23-8-4-18/h11H,3-10H2,1-2H3/t11-/m0/s1. The van der Waals surface area contributed by atoms with Gasteiger partial charge in [0, 0.05) is 31.9 Å². The number of rotatable bonds is 6. The Balaban J connectivity index is 1.77. The summed E-state index contributed by atoms with van der Waals surface area (Å²) in [5, 5.41) is 0.971. The van der Waals surface area contributed by atoms with E-state index in [0.29, 0.717) is 49.9 Å². The van der Waals surface area contributed by atoms with Gasteiger partial charge in [0.05, 0.1) is 42.7 Å². The number of hydrogen-bond donors (Lipinski definition) is 0. The fraction of sp³-hybridized carbons (Fsp3) is 0.688. The zero-order valence-corrected chi connectivity index (χ0v) is 16.2. The Labute approximate surface area is 155 Å². The van der Waals surface area contributed by atoms with Crippen molar-refractivity contribution in [2.24, 2.45) is 0 Å². The van der Waals surface area contributed by atoms with Crippen LogP contribution < -0.4 is 5.56 Å². The van der Waals surface area contributed by atoms with Crippen molar-refractivity contribution >= 4 is 29.4 Å². The molecule has 3 rings (SSSR count). The maximum Gasteiger partial charge on any atom is 0.268 e. The Bertz CT molecular complexity index is 689. The van der Waals surface area contributed by atoms with Crippen LogP contribution in [0.5, 0.6) is 0 Å². The molecule has 1 aromatic rings. The number of thioether (sulfide) groups is 2. The summed E-state index contributed by atoms with van der Waals surface area (Å²) in [6.45, 7) is 5.40. The van der Waals surface area contributed by atoms with E-state index in [1.54, 1.807) is 28.3 Å². The van der Waals surface area contributed by atoms with Gasteiger partial charge in [0.1, 0.15) is 0 Å². The molecule has 9 heteroatoms. The lowest BCUT2D eigenvalue weighted by Crippen LogP contribution is -2.41. The van der Waals surface area contributed by atoms with Gasteiger partial charge in [-0.15, -0.1) is 11.8 Å². The predicted molar refractivity (Wildman–Crippen MR) is 97.5 cm³/mol. The highest BCUT2D eigenvalue weighted by molar-refractivity contribution is 8.00. The van der Waals surface area contributed by atoms with Crippen LogP contribution in [0.25, 0.3) is 0 Å². The van der Waals surface area contributed by atoms with Crippen LogP contribution in [0.4, 0.5) is 0 Å². The van der Waals surface area contributed by atoms with E-state index in [0.717, 1.165) is 17.0 Å². The molecule has 3 heterocycles. The van der Waals surface area contributed by atoms with Crippen molar-refractivity contribution in [3.05, 3.63) is 16.0 Å². The summed E-state index contributed by atoms with van der Waals surface area (Å²) in [6.07, 6.45) is 0.797. The molecule has 0 saturated carbocycles. The molecule has 2 aliphatic rings. The van der Waals surface area contributed by atoms with E-state index < -0.39 is 0 Å². The van der Waals surface area contributed by atoms with E-state index in [1.165, 1.54) is 11.8 Å². The van der Waals surface area contributed by atoms with Crippen LogP contribution in [0.1, 0.15) is 12.6 Å². The molecule has 1 aromatic heterocycles. The number of nitrogens with zero attached hydrogens (tertiary/aromatic N) is 3. The Morgan fingerprint density at radius 3 is 2.92 bits per heavy atom. The van der Waals surface area contributed by atoms with Crippen molar-refractivity contribution in [2.75, 3.05) is 45.8 Å². The van der Waals surface area contributed by atoms with Crippen molar-refractivity contribution in [1.29, 1.82) is 0 Å². The van der Waals surface area contributed by atoms with Crippen LogP contribution in [0.15, 0.2) is 14.8 Å². The number of carbonyl (C=O) groups is 1. The van der Waals surface area contributed by atoms with Gasteiger partial charge in [-0.3, -0.25) is 14.2 Å². The summed E-state index contributed by atoms with van der Waals surface area (Å²) in [5.41, 5.74) is 0.843. The molecule has 1 atom stereocenters. The SMILES string of the molecule is COCCn1c(SCC(=O)N2CCOCC2)nc2c(c1=O)S[C@@H](C)C2. The van der Waals surface area contributed by atoms with E-state index in [1.807, 2.05) is 0 Å². The molecule has 0 radical (unpaired) electrons. The largest absolute Gasteiger partial charge is 0.383 e. The summed E-state index contributed by atoms with van der Waals surface area (Å²) in [5.74, 6) is 0.338. The summed E-state index contributed by atoms with van der Waals surface area (Å²) in [4.78, 5) is 32.4. The van der Waals surface area contributed by atoms with Crippen molar-refractivity contribution in [3.8, 4) is 0 Å². The molecule has 0 N–H and O–H groups in total. The lowest BCUT2D eigenvalue weighted by Gasteiger charge is -2.26. The van der Waals surface area contributed by atoms with Gasteiger partial charge in [-0.2, -0.15) is 0 Å². The monoisotopic (exact) mass is 385 g/mol. The van der Waals surface area contributed by atoms with Gasteiger partial charge in [-0.05, 0) is 0 Å². The molecule has 138 valence electrons. The first-order valence-electron chi connectivity index (χ1n) is 8.37. The van der Waals surface area contributed by atoms with E-state index >= 15 is 0 Å². The van der Waals surface area contributed by atoms with Crippen LogP contribution in [-0.4, -0.2) is 71.4 Å². The summed E-state index contributed by atoms with van der Waals surface area (Å²) in [6, 6.07) is 0. The van der Waals surface area contributed by atoms with Gasteiger partial charge in [0.2, 0.25) is 5.91 Å². The first kappa shape index (κ1) is 18.8. The molecular weight excluding hydrogens is 362 g/mol. The second-order valence-electron chi connectivity index (χ2n) is 6.03. The van der Waals surface area contributed by atoms with E-state index in [9.17, 15) is 9.59 Å². The average Bonchev–Trinajstić information content (AvgIpc) is 3.00. The molecular formula is C16H23N3O4S2. The van der Waals surface area contributed by atoms with Crippen LogP contribution in [0, 0.1) is 0 Å². The second kappa shape index (κ2) is 8.57. The maximum absolute atomic E-state index is 12.8. The zero-order chi connectivity index (χ0) is 17.8. The predicted octanol–water partition coefficient (Wildman–Crippen LogP) is 0.877. The Hall–Kier alpha value is -1.03.